The molecule has 1 atom stereocenters. The zero-order valence-electron chi connectivity index (χ0n) is 17.0. The quantitative estimate of drug-likeness (QED) is 0.741. The van der Waals surface area contributed by atoms with E-state index < -0.39 is 12.1 Å². The summed E-state index contributed by atoms with van der Waals surface area (Å²) in [5.74, 6) is -0.714. The molecule has 0 bridgehead atoms. The summed E-state index contributed by atoms with van der Waals surface area (Å²) in [6.07, 6.45) is -3.54. The third-order valence-corrected chi connectivity index (χ3v) is 5.56. The van der Waals surface area contributed by atoms with Gasteiger partial charge in [-0.15, -0.1) is 0 Å². The van der Waals surface area contributed by atoms with Gasteiger partial charge < -0.3 is 20.1 Å². The van der Waals surface area contributed by atoms with Gasteiger partial charge in [-0.3, -0.25) is 4.79 Å². The van der Waals surface area contributed by atoms with Crippen molar-refractivity contribution in [2.24, 2.45) is 5.92 Å². The van der Waals surface area contributed by atoms with E-state index >= 15 is 0 Å². The molecule has 1 aliphatic rings. The first kappa shape index (κ1) is 22.1. The van der Waals surface area contributed by atoms with Gasteiger partial charge in [-0.1, -0.05) is 6.92 Å². The molecule has 30 heavy (non-hydrogen) atoms. The van der Waals surface area contributed by atoms with E-state index in [-0.39, 0.29) is 44.5 Å². The number of hydrogen-bond acceptors (Lipinski definition) is 5. The maximum atomic E-state index is 13.0. The Balaban J connectivity index is 1.90. The Bertz CT molecular complexity index is 892. The number of nitrogens with one attached hydrogen (secondary N) is 1. The topological polar surface area (TPSA) is 74.7 Å². The van der Waals surface area contributed by atoms with Crippen LogP contribution in [0.2, 0.25) is 0 Å². The number of benzene rings is 1. The predicted molar refractivity (Wildman–Crippen MR) is 108 cm³/mol. The van der Waals surface area contributed by atoms with Crippen molar-refractivity contribution in [3.05, 3.63) is 29.8 Å². The summed E-state index contributed by atoms with van der Waals surface area (Å²) in [5.41, 5.74) is 0.421. The van der Waals surface area contributed by atoms with Crippen molar-refractivity contribution < 1.29 is 27.8 Å². The molecule has 6 nitrogen and oxygen atoms in total. The Morgan fingerprint density at radius 3 is 2.60 bits per heavy atom. The molecule has 1 unspecified atom stereocenters. The number of nitrogens with zero attached hydrogens (tertiary/aromatic N) is 2. The minimum atomic E-state index is -4.18. The number of aromatic nitrogens is 1. The van der Waals surface area contributed by atoms with Crippen molar-refractivity contribution in [1.29, 1.82) is 0 Å². The standard InChI is InChI=1S/C21H26F3N3O3/c1-3-16(12-28)25-20(29)13-4-5-17-14(10-13)11-18(30-2)26-19(17)27-8-6-15(7-9-27)21(22,23)24/h4-5,10-11,15-16,28H,3,6-9,12H2,1-2H3,(H,25,29). The highest BCUT2D eigenvalue weighted by molar-refractivity contribution is 6.01. The highest BCUT2D eigenvalue weighted by Crippen LogP contribution is 2.37. The van der Waals surface area contributed by atoms with Crippen LogP contribution in [0.25, 0.3) is 10.8 Å². The van der Waals surface area contributed by atoms with Gasteiger partial charge in [-0.2, -0.15) is 18.2 Å². The van der Waals surface area contributed by atoms with Gasteiger partial charge in [0.25, 0.3) is 5.91 Å². The van der Waals surface area contributed by atoms with E-state index in [9.17, 15) is 23.1 Å². The van der Waals surface area contributed by atoms with E-state index in [0.717, 1.165) is 5.39 Å². The molecule has 0 radical (unpaired) electrons. The summed E-state index contributed by atoms with van der Waals surface area (Å²) < 4.78 is 44.3. The molecule has 1 aromatic heterocycles. The highest BCUT2D eigenvalue weighted by Gasteiger charge is 2.41. The number of pyridine rings is 1. The fraction of sp³-hybridized carbons (Fsp3) is 0.524. The van der Waals surface area contributed by atoms with Gasteiger partial charge >= 0.3 is 6.18 Å². The summed E-state index contributed by atoms with van der Waals surface area (Å²) >= 11 is 0. The van der Waals surface area contributed by atoms with Gasteiger partial charge in [0.2, 0.25) is 5.88 Å². The van der Waals surface area contributed by atoms with Crippen LogP contribution in [0.4, 0.5) is 19.0 Å². The van der Waals surface area contributed by atoms with E-state index in [1.165, 1.54) is 7.11 Å². The van der Waals surface area contributed by atoms with Crippen LogP contribution in [0.3, 0.4) is 0 Å². The lowest BCUT2D eigenvalue weighted by molar-refractivity contribution is -0.179. The molecule has 2 N–H and O–H groups in total. The number of methoxy groups -OCH3 is 1. The number of piperidine rings is 1. The minimum Gasteiger partial charge on any atom is -0.481 e. The van der Waals surface area contributed by atoms with E-state index in [0.29, 0.717) is 29.1 Å². The molecular weight excluding hydrogens is 399 g/mol. The number of halogens is 3. The molecule has 0 saturated carbocycles. The second-order valence-electron chi connectivity index (χ2n) is 7.49. The Kier molecular flexibility index (Phi) is 6.70. The van der Waals surface area contributed by atoms with Crippen LogP contribution in [-0.2, 0) is 0 Å². The first-order chi connectivity index (χ1) is 14.3. The summed E-state index contributed by atoms with van der Waals surface area (Å²) in [6, 6.07) is 6.47. The number of aliphatic hydroxyl groups is 1. The number of hydrogen-bond donors (Lipinski definition) is 2. The molecule has 1 fully saturated rings. The Morgan fingerprint density at radius 2 is 2.03 bits per heavy atom. The van der Waals surface area contributed by atoms with Gasteiger partial charge in [0, 0.05) is 30.1 Å². The summed E-state index contributed by atoms with van der Waals surface area (Å²) in [6.45, 7) is 2.21. The molecule has 2 heterocycles. The molecule has 1 amide bonds. The average Bonchev–Trinajstić information content (AvgIpc) is 2.75. The summed E-state index contributed by atoms with van der Waals surface area (Å²) in [7, 11) is 1.47. The highest BCUT2D eigenvalue weighted by atomic mass is 19.4. The number of amides is 1. The van der Waals surface area contributed by atoms with Crippen LogP contribution >= 0.6 is 0 Å². The van der Waals surface area contributed by atoms with E-state index in [4.69, 9.17) is 4.74 Å². The smallest absolute Gasteiger partial charge is 0.391 e. The zero-order valence-corrected chi connectivity index (χ0v) is 17.0. The SMILES string of the molecule is CCC(CO)NC(=O)c1ccc2c(N3CCC(C(F)(F)F)CC3)nc(OC)cc2c1. The number of alkyl halides is 3. The average molecular weight is 425 g/mol. The van der Waals surface area contributed by atoms with Crippen LogP contribution in [0.5, 0.6) is 5.88 Å². The monoisotopic (exact) mass is 425 g/mol. The minimum absolute atomic E-state index is 0.0178. The van der Waals surface area contributed by atoms with Crippen LogP contribution in [-0.4, -0.2) is 55.0 Å². The number of fused-ring (bicyclic) bond motifs is 1. The molecule has 9 heteroatoms. The van der Waals surface area contributed by atoms with Crippen LogP contribution < -0.4 is 15.0 Å². The number of anilines is 1. The van der Waals surface area contributed by atoms with Gasteiger partial charge in [-0.25, -0.2) is 0 Å². The Labute approximate surface area is 173 Å². The molecule has 1 aromatic carbocycles. The normalized spacial score (nSPS) is 16.5. The molecule has 2 aromatic rings. The van der Waals surface area contributed by atoms with Crippen molar-refractivity contribution in [3.63, 3.8) is 0 Å². The van der Waals surface area contributed by atoms with Crippen molar-refractivity contribution >= 4 is 22.5 Å². The molecular formula is C21H26F3N3O3. The van der Waals surface area contributed by atoms with Crippen molar-refractivity contribution in [2.45, 2.75) is 38.4 Å². The molecule has 1 saturated heterocycles. The van der Waals surface area contributed by atoms with Crippen LogP contribution in [0.15, 0.2) is 24.3 Å². The first-order valence-electron chi connectivity index (χ1n) is 9.99. The lowest BCUT2D eigenvalue weighted by atomic mass is 9.96. The van der Waals surface area contributed by atoms with Crippen LogP contribution in [0, 0.1) is 5.92 Å². The number of rotatable bonds is 6. The first-order valence-corrected chi connectivity index (χ1v) is 9.99. The van der Waals surface area contributed by atoms with Gasteiger partial charge in [0.1, 0.15) is 5.82 Å². The van der Waals surface area contributed by atoms with Crippen molar-refractivity contribution in [1.82, 2.24) is 10.3 Å². The fourth-order valence-electron chi connectivity index (χ4n) is 3.67. The van der Waals surface area contributed by atoms with E-state index in [2.05, 4.69) is 10.3 Å². The largest absolute Gasteiger partial charge is 0.481 e. The molecule has 164 valence electrons. The lowest BCUT2D eigenvalue weighted by Crippen LogP contribution is -2.39. The Morgan fingerprint density at radius 1 is 1.33 bits per heavy atom. The van der Waals surface area contributed by atoms with Gasteiger partial charge in [-0.05, 0) is 42.8 Å². The molecule has 3 rings (SSSR count). The van der Waals surface area contributed by atoms with E-state index in [1.54, 1.807) is 24.3 Å². The number of aliphatic hydroxyl groups excluding tert-OH is 1. The van der Waals surface area contributed by atoms with Crippen LogP contribution in [0.1, 0.15) is 36.5 Å². The van der Waals surface area contributed by atoms with Gasteiger partial charge in [0.05, 0.1) is 25.7 Å². The Hall–Kier alpha value is -2.55. The van der Waals surface area contributed by atoms with E-state index in [1.807, 2.05) is 11.8 Å². The maximum absolute atomic E-state index is 13.0. The third-order valence-electron chi connectivity index (χ3n) is 5.56. The number of carbonyl (C=O) groups excluding carboxylic acids is 1. The molecule has 0 spiro atoms. The van der Waals surface area contributed by atoms with Gasteiger partial charge in [0.15, 0.2) is 0 Å². The lowest BCUT2D eigenvalue weighted by Gasteiger charge is -2.34. The van der Waals surface area contributed by atoms with Crippen molar-refractivity contribution in [2.75, 3.05) is 31.7 Å². The maximum Gasteiger partial charge on any atom is 0.391 e. The molecule has 0 aliphatic carbocycles. The molecule has 1 aliphatic heterocycles. The number of ether oxygens (including phenoxy) is 1. The van der Waals surface area contributed by atoms with Crippen molar-refractivity contribution in [3.8, 4) is 5.88 Å². The summed E-state index contributed by atoms with van der Waals surface area (Å²) in [5, 5.41) is 13.5. The number of carbonyl (C=O) groups is 1. The second-order valence-corrected chi connectivity index (χ2v) is 7.49. The zero-order chi connectivity index (χ0) is 21.9. The second kappa shape index (κ2) is 9.07. The predicted octanol–water partition coefficient (Wildman–Crippen LogP) is 3.52. The third kappa shape index (κ3) is 4.77. The summed E-state index contributed by atoms with van der Waals surface area (Å²) in [4.78, 5) is 18.8. The fourth-order valence-corrected chi connectivity index (χ4v) is 3.67.